The number of thiophene rings is 1. The molecule has 1 saturated heterocycles. The maximum absolute atomic E-state index is 14.1. The lowest BCUT2D eigenvalue weighted by molar-refractivity contribution is -0.144. The van der Waals surface area contributed by atoms with Gasteiger partial charge in [-0.1, -0.05) is 69.3 Å². The van der Waals surface area contributed by atoms with Gasteiger partial charge in [-0.2, -0.15) is 0 Å². The summed E-state index contributed by atoms with van der Waals surface area (Å²) in [5.41, 5.74) is 8.49. The molecule has 1 fully saturated rings. The maximum Gasteiger partial charge on any atom is 0.246 e. The Bertz CT molecular complexity index is 2700. The number of aromatic nitrogens is 3. The molecule has 3 aromatic heterocycles. The molecule has 1 aliphatic rings. The van der Waals surface area contributed by atoms with Crippen LogP contribution in [0.25, 0.3) is 32.5 Å². The van der Waals surface area contributed by atoms with Gasteiger partial charge >= 0.3 is 0 Å². The predicted molar refractivity (Wildman–Crippen MR) is 271 cm³/mol. The zero-order valence-corrected chi connectivity index (χ0v) is 41.9. The molecule has 5 N–H and O–H groups in total. The van der Waals surface area contributed by atoms with Crippen LogP contribution in [0.4, 0.5) is 5.82 Å². The molecule has 4 heterocycles. The molecule has 3 amide bonds. The highest BCUT2D eigenvalue weighted by atomic mass is 32.1. The second kappa shape index (κ2) is 22.4. The van der Waals surface area contributed by atoms with Crippen LogP contribution in [0, 0.1) is 19.3 Å². The van der Waals surface area contributed by atoms with E-state index in [0.29, 0.717) is 49.0 Å². The van der Waals surface area contributed by atoms with E-state index in [4.69, 9.17) is 19.4 Å². The van der Waals surface area contributed by atoms with E-state index in [0.717, 1.165) is 39.1 Å². The summed E-state index contributed by atoms with van der Waals surface area (Å²) in [6, 6.07) is 20.6. The number of benzene rings is 3. The number of carbonyl (C=O) groups is 3. The number of nitrogens with one attached hydrogen (secondary N) is 4. The maximum atomic E-state index is 14.1. The van der Waals surface area contributed by atoms with E-state index in [1.165, 1.54) is 26.5 Å². The summed E-state index contributed by atoms with van der Waals surface area (Å²) in [5.74, 6) is 1.49. The molecule has 7 rings (SSSR count). The number of ether oxygens (including phenoxy) is 2. The Kier molecular flexibility index (Phi) is 16.5. The SMILES string of the molecule is CNCc1ccccc1-c1csc([C@@H](C)Nc2nc(C)nc3cc(OC)c(OCCCCCC(=O)N[C@H](C(=O)N4C[C@H](O)C[C@H]4C(=O)NCc4ccc(-c5scnc5C)cc4)C(C)(C)C)cc23)c1. The molecule has 4 atom stereocenters. The van der Waals surface area contributed by atoms with Gasteiger partial charge in [-0.05, 0) is 97.8 Å². The van der Waals surface area contributed by atoms with Crippen LogP contribution in [-0.4, -0.2) is 88.2 Å². The van der Waals surface area contributed by atoms with E-state index in [9.17, 15) is 19.5 Å². The molecule has 16 heteroatoms. The van der Waals surface area contributed by atoms with Crippen molar-refractivity contribution in [2.45, 2.75) is 111 Å². The zero-order valence-electron chi connectivity index (χ0n) is 40.3. The fourth-order valence-corrected chi connectivity index (χ4v) is 10.3. The first-order valence-electron chi connectivity index (χ1n) is 23.3. The molecular formula is C52H64N8O6S2. The molecule has 14 nitrogen and oxygen atoms in total. The second-order valence-electron chi connectivity index (χ2n) is 18.5. The number of β-amino-alcohol motifs (C(OH)–C–C–N with tert-alkyl or cyclic N) is 1. The van der Waals surface area contributed by atoms with Crippen molar-refractivity contribution in [3.05, 3.63) is 105 Å². The number of amides is 3. The van der Waals surface area contributed by atoms with Crippen LogP contribution in [-0.2, 0) is 27.5 Å². The lowest BCUT2D eigenvalue weighted by Gasteiger charge is -2.35. The number of aryl methyl sites for hydroxylation is 2. The van der Waals surface area contributed by atoms with Crippen molar-refractivity contribution < 1.29 is 29.0 Å². The second-order valence-corrected chi connectivity index (χ2v) is 20.3. The van der Waals surface area contributed by atoms with E-state index in [1.54, 1.807) is 29.8 Å². The average Bonchev–Trinajstić information content (AvgIpc) is 4.08. The van der Waals surface area contributed by atoms with Gasteiger partial charge in [-0.3, -0.25) is 14.4 Å². The quantitative estimate of drug-likeness (QED) is 0.0462. The predicted octanol–water partition coefficient (Wildman–Crippen LogP) is 8.75. The normalized spacial score (nSPS) is 15.8. The van der Waals surface area contributed by atoms with E-state index in [-0.39, 0.29) is 49.7 Å². The number of likely N-dealkylation sites (tertiary alicyclic amines) is 1. The molecule has 6 aromatic rings. The van der Waals surface area contributed by atoms with Gasteiger partial charge < -0.3 is 40.7 Å². The minimum atomic E-state index is -0.897. The van der Waals surface area contributed by atoms with Gasteiger partial charge in [0.25, 0.3) is 0 Å². The monoisotopic (exact) mass is 960 g/mol. The number of methoxy groups -OCH3 is 1. The van der Waals surface area contributed by atoms with Crippen LogP contribution in [0.5, 0.6) is 11.5 Å². The molecule has 360 valence electrons. The summed E-state index contributed by atoms with van der Waals surface area (Å²) in [6.07, 6.45) is 1.45. The fourth-order valence-electron chi connectivity index (χ4n) is 8.54. The van der Waals surface area contributed by atoms with Crippen LogP contribution < -0.4 is 30.7 Å². The molecule has 68 heavy (non-hydrogen) atoms. The van der Waals surface area contributed by atoms with Crippen molar-refractivity contribution in [3.63, 3.8) is 0 Å². The summed E-state index contributed by atoms with van der Waals surface area (Å²) in [5, 5.41) is 26.5. The number of nitrogens with zero attached hydrogens (tertiary/aromatic N) is 4. The summed E-state index contributed by atoms with van der Waals surface area (Å²) >= 11 is 3.29. The van der Waals surface area contributed by atoms with Gasteiger partial charge in [0, 0.05) is 48.8 Å². The van der Waals surface area contributed by atoms with Gasteiger partial charge in [0.05, 0.1) is 47.5 Å². The highest BCUT2D eigenvalue weighted by Crippen LogP contribution is 2.38. The van der Waals surface area contributed by atoms with Crippen LogP contribution in [0.15, 0.2) is 77.6 Å². The first-order chi connectivity index (χ1) is 32.6. The number of aliphatic hydroxyl groups is 1. The summed E-state index contributed by atoms with van der Waals surface area (Å²) < 4.78 is 12.0. The molecule has 3 aromatic carbocycles. The third-order valence-electron chi connectivity index (χ3n) is 12.2. The van der Waals surface area contributed by atoms with Gasteiger partial charge in [-0.15, -0.1) is 22.7 Å². The summed E-state index contributed by atoms with van der Waals surface area (Å²) in [4.78, 5) is 58.6. The number of rotatable bonds is 20. The van der Waals surface area contributed by atoms with E-state index in [2.05, 4.69) is 68.9 Å². The van der Waals surface area contributed by atoms with Crippen molar-refractivity contribution in [1.82, 2.24) is 35.8 Å². The van der Waals surface area contributed by atoms with Gasteiger partial charge in [0.1, 0.15) is 23.7 Å². The van der Waals surface area contributed by atoms with Gasteiger partial charge in [0.15, 0.2) is 11.5 Å². The lowest BCUT2D eigenvalue weighted by atomic mass is 9.85. The number of hydrogen-bond donors (Lipinski definition) is 5. The molecule has 1 aliphatic heterocycles. The number of carbonyl (C=O) groups excluding carboxylic acids is 3. The highest BCUT2D eigenvalue weighted by molar-refractivity contribution is 7.13. The number of fused-ring (bicyclic) bond motifs is 1. The minimum absolute atomic E-state index is 0.0112. The smallest absolute Gasteiger partial charge is 0.246 e. The Hall–Kier alpha value is -5.94. The number of unbranched alkanes of at least 4 members (excludes halogenated alkanes) is 2. The molecule has 0 spiro atoms. The summed E-state index contributed by atoms with van der Waals surface area (Å²) in [7, 11) is 3.56. The van der Waals surface area contributed by atoms with E-state index in [1.807, 2.05) is 83.6 Å². The van der Waals surface area contributed by atoms with Crippen molar-refractivity contribution in [1.29, 1.82) is 0 Å². The fraction of sp³-hybridized carbons (Fsp3) is 0.423. The van der Waals surface area contributed by atoms with Crippen LogP contribution >= 0.6 is 22.7 Å². The summed E-state index contributed by atoms with van der Waals surface area (Å²) in [6.45, 7) is 13.1. The number of anilines is 1. The van der Waals surface area contributed by atoms with Crippen molar-refractivity contribution >= 4 is 57.1 Å². The third kappa shape index (κ3) is 12.2. The van der Waals surface area contributed by atoms with Crippen LogP contribution in [0.1, 0.15) is 93.4 Å². The topological polar surface area (TPSA) is 180 Å². The standard InChI is InChI=1S/C52H64N8O6S2/c1-31(45-22-37(29-67-45)39-15-12-11-14-36(39)27-53-7)56-49-40-24-44(43(65-8)25-41(40)57-33(3)58-49)66-21-13-9-10-16-46(62)59-48(52(4,5)6)51(64)60-28-38(61)23-42(60)50(63)54-26-34-17-19-35(20-18-34)47-32(2)55-30-68-47/h11-12,14-15,17-20,22,24-25,29-31,38,42,48,53,61H,9-10,13,16,21,23,26-28H2,1-8H3,(H,54,63)(H,59,62)(H,56,57,58)/t31-,38-,42+,48-/m1/s1. The molecule has 0 bridgehead atoms. The zero-order chi connectivity index (χ0) is 48.5. The first-order valence-corrected chi connectivity index (χ1v) is 25.0. The number of thiazole rings is 1. The Morgan fingerprint density at radius 2 is 1.72 bits per heavy atom. The first kappa shape index (κ1) is 50.0. The van der Waals surface area contributed by atoms with Crippen molar-refractivity contribution in [2.75, 3.05) is 32.6 Å². The largest absolute Gasteiger partial charge is 0.493 e. The van der Waals surface area contributed by atoms with Crippen molar-refractivity contribution in [2.24, 2.45) is 5.41 Å². The number of aliphatic hydroxyl groups excluding tert-OH is 1. The van der Waals surface area contributed by atoms with E-state index >= 15 is 0 Å². The van der Waals surface area contributed by atoms with Gasteiger partial charge in [-0.25, -0.2) is 15.0 Å². The van der Waals surface area contributed by atoms with Crippen LogP contribution in [0.2, 0.25) is 0 Å². The third-order valence-corrected chi connectivity index (χ3v) is 14.3. The molecule has 0 aliphatic carbocycles. The average molecular weight is 961 g/mol. The molecule has 0 radical (unpaired) electrons. The minimum Gasteiger partial charge on any atom is -0.493 e. The van der Waals surface area contributed by atoms with E-state index < -0.39 is 23.6 Å². The molecule has 0 unspecified atom stereocenters. The Morgan fingerprint density at radius 3 is 2.44 bits per heavy atom. The van der Waals surface area contributed by atoms with Crippen molar-refractivity contribution in [3.8, 4) is 33.1 Å². The van der Waals surface area contributed by atoms with Gasteiger partial charge in [0.2, 0.25) is 17.7 Å². The number of hydrogen-bond acceptors (Lipinski definition) is 13. The Labute approximate surface area is 407 Å². The Morgan fingerprint density at radius 1 is 0.941 bits per heavy atom. The van der Waals surface area contributed by atoms with Crippen LogP contribution in [0.3, 0.4) is 0 Å². The molecule has 0 saturated carbocycles. The highest BCUT2D eigenvalue weighted by Gasteiger charge is 2.44. The molecular weight excluding hydrogens is 897 g/mol. The lowest BCUT2D eigenvalue weighted by Crippen LogP contribution is -2.57. The Balaban J connectivity index is 0.908.